The molecule has 1 saturated heterocycles. The predicted molar refractivity (Wildman–Crippen MR) is 132 cm³/mol. The fourth-order valence-electron chi connectivity index (χ4n) is 4.21. The Labute approximate surface area is 200 Å². The molecule has 0 spiro atoms. The minimum Gasteiger partial charge on any atom is -0.497 e. The molecular weight excluding hydrogens is 436 g/mol. The number of hydrogen-bond donors (Lipinski definition) is 2. The van der Waals surface area contributed by atoms with Gasteiger partial charge in [-0.1, -0.05) is 30.3 Å². The Balaban J connectivity index is 1.44. The topological polar surface area (TPSA) is 73.9 Å². The van der Waals surface area contributed by atoms with Gasteiger partial charge >= 0.3 is 0 Å². The van der Waals surface area contributed by atoms with E-state index >= 15 is 0 Å². The van der Waals surface area contributed by atoms with E-state index in [1.54, 1.807) is 50.1 Å². The van der Waals surface area contributed by atoms with E-state index < -0.39 is 5.54 Å². The average Bonchev–Trinajstić information content (AvgIpc) is 3.56. The lowest BCUT2D eigenvalue weighted by molar-refractivity contribution is -0.144. The maximum atomic E-state index is 13.5. The fraction of sp³-hybridized carbons (Fsp3) is 0.400. The van der Waals surface area contributed by atoms with E-state index in [1.807, 2.05) is 23.1 Å². The van der Waals surface area contributed by atoms with Gasteiger partial charge in [-0.2, -0.15) is 0 Å². The van der Waals surface area contributed by atoms with Gasteiger partial charge in [0, 0.05) is 18.3 Å². The van der Waals surface area contributed by atoms with Gasteiger partial charge in [-0.15, -0.1) is 0 Å². The van der Waals surface area contributed by atoms with Crippen LogP contribution < -0.4 is 15.4 Å². The Hall–Kier alpha value is -3.13. The van der Waals surface area contributed by atoms with Crippen molar-refractivity contribution < 1.29 is 14.3 Å². The molecule has 4 rings (SSSR count). The maximum Gasteiger partial charge on any atom is 0.249 e. The van der Waals surface area contributed by atoms with Crippen LogP contribution in [-0.4, -0.2) is 58.5 Å². The molecule has 0 bridgehead atoms. The number of benzene rings is 2. The number of carbonyl (C=O) groups excluding carboxylic acids is 2. The molecule has 2 N–H and O–H groups in total. The molecule has 2 fully saturated rings. The molecule has 2 aromatic rings. The number of nitrogens with one attached hydrogen (secondary N) is 2. The van der Waals surface area contributed by atoms with Crippen LogP contribution >= 0.6 is 12.2 Å². The van der Waals surface area contributed by atoms with Crippen LogP contribution in [-0.2, 0) is 9.59 Å². The summed E-state index contributed by atoms with van der Waals surface area (Å²) in [6.45, 7) is 4.36. The van der Waals surface area contributed by atoms with Crippen LogP contribution in [0.25, 0.3) is 0 Å². The Kier molecular flexibility index (Phi) is 6.56. The third-order valence-electron chi connectivity index (χ3n) is 6.20. The van der Waals surface area contributed by atoms with Crippen molar-refractivity contribution in [3.05, 3.63) is 60.2 Å². The van der Waals surface area contributed by atoms with Crippen LogP contribution in [0, 0.1) is 0 Å². The SMILES string of the molecule is COc1ccc(NC(=O)C(C)(C)N(C(=O)CN2CC(c3ccccc3)NC2=S)C2CC2)cc1. The summed E-state index contributed by atoms with van der Waals surface area (Å²) in [5, 5.41) is 6.82. The van der Waals surface area contributed by atoms with Crippen LogP contribution in [0.15, 0.2) is 54.6 Å². The first-order valence-corrected chi connectivity index (χ1v) is 11.6. The number of thiocarbonyl (C=S) groups is 1. The van der Waals surface area contributed by atoms with Crippen molar-refractivity contribution in [1.29, 1.82) is 0 Å². The zero-order valence-corrected chi connectivity index (χ0v) is 20.0. The summed E-state index contributed by atoms with van der Waals surface area (Å²) in [5.41, 5.74) is 0.784. The van der Waals surface area contributed by atoms with Crippen molar-refractivity contribution in [2.45, 2.75) is 44.3 Å². The molecule has 1 heterocycles. The summed E-state index contributed by atoms with van der Waals surface area (Å²) in [4.78, 5) is 30.3. The molecule has 0 aromatic heterocycles. The van der Waals surface area contributed by atoms with Gasteiger partial charge in [-0.05, 0) is 68.7 Å². The lowest BCUT2D eigenvalue weighted by Gasteiger charge is -2.38. The van der Waals surface area contributed by atoms with Crippen LogP contribution in [0.3, 0.4) is 0 Å². The van der Waals surface area contributed by atoms with Crippen LogP contribution in [0.5, 0.6) is 5.75 Å². The van der Waals surface area contributed by atoms with E-state index in [4.69, 9.17) is 17.0 Å². The lowest BCUT2D eigenvalue weighted by Crippen LogP contribution is -2.58. The molecule has 1 unspecified atom stereocenters. The fourth-order valence-corrected chi connectivity index (χ4v) is 4.49. The molecule has 8 heteroatoms. The Bertz CT molecular complexity index is 1020. The van der Waals surface area contributed by atoms with Gasteiger partial charge in [-0.25, -0.2) is 0 Å². The first-order chi connectivity index (χ1) is 15.8. The van der Waals surface area contributed by atoms with Gasteiger partial charge in [0.25, 0.3) is 0 Å². The van der Waals surface area contributed by atoms with Crippen molar-refractivity contribution in [3.63, 3.8) is 0 Å². The van der Waals surface area contributed by atoms with Gasteiger partial charge in [-0.3, -0.25) is 9.59 Å². The van der Waals surface area contributed by atoms with Gasteiger partial charge in [0.1, 0.15) is 11.3 Å². The summed E-state index contributed by atoms with van der Waals surface area (Å²) in [7, 11) is 1.60. The number of nitrogens with zero attached hydrogens (tertiary/aromatic N) is 2. The first-order valence-electron chi connectivity index (χ1n) is 11.2. The van der Waals surface area contributed by atoms with Crippen molar-refractivity contribution in [2.75, 3.05) is 25.5 Å². The number of rotatable bonds is 8. The monoisotopic (exact) mass is 466 g/mol. The molecule has 1 saturated carbocycles. The molecule has 2 amide bonds. The summed E-state index contributed by atoms with van der Waals surface area (Å²) in [6, 6.07) is 17.3. The summed E-state index contributed by atoms with van der Waals surface area (Å²) >= 11 is 5.51. The van der Waals surface area contributed by atoms with E-state index in [1.165, 1.54) is 0 Å². The summed E-state index contributed by atoms with van der Waals surface area (Å²) in [5.74, 6) is 0.397. The zero-order valence-electron chi connectivity index (χ0n) is 19.2. The van der Waals surface area contributed by atoms with E-state index in [2.05, 4.69) is 22.8 Å². The smallest absolute Gasteiger partial charge is 0.249 e. The largest absolute Gasteiger partial charge is 0.497 e. The van der Waals surface area contributed by atoms with E-state index in [0.29, 0.717) is 23.1 Å². The van der Waals surface area contributed by atoms with Gasteiger partial charge < -0.3 is 25.2 Å². The second-order valence-electron chi connectivity index (χ2n) is 9.03. The van der Waals surface area contributed by atoms with Crippen molar-refractivity contribution in [2.24, 2.45) is 0 Å². The molecule has 7 nitrogen and oxygen atoms in total. The van der Waals surface area contributed by atoms with Gasteiger partial charge in [0.2, 0.25) is 11.8 Å². The molecular formula is C25H30N4O3S. The molecule has 1 atom stereocenters. The molecule has 0 radical (unpaired) electrons. The molecule has 33 heavy (non-hydrogen) atoms. The minimum atomic E-state index is -1.01. The minimum absolute atomic E-state index is 0.0484. The number of ether oxygens (including phenoxy) is 1. The maximum absolute atomic E-state index is 13.5. The van der Waals surface area contributed by atoms with Crippen LogP contribution in [0.1, 0.15) is 38.3 Å². The van der Waals surface area contributed by atoms with E-state index in [-0.39, 0.29) is 30.4 Å². The number of carbonyl (C=O) groups is 2. The van der Waals surface area contributed by atoms with Gasteiger partial charge in [0.15, 0.2) is 5.11 Å². The van der Waals surface area contributed by atoms with Crippen molar-refractivity contribution in [3.8, 4) is 5.75 Å². The zero-order chi connectivity index (χ0) is 23.6. The highest BCUT2D eigenvalue weighted by atomic mass is 32.1. The standard InChI is InChI=1S/C25H30N4O3S/c1-25(2,23(31)26-18-9-13-20(32-3)14-10-18)29(19-11-12-19)22(30)16-28-15-21(27-24(28)33)17-7-5-4-6-8-17/h4-10,13-14,19,21H,11-12,15-16H2,1-3H3,(H,26,31)(H,27,33). The van der Waals surface area contributed by atoms with Gasteiger partial charge in [0.05, 0.1) is 19.7 Å². The van der Waals surface area contributed by atoms with Crippen molar-refractivity contribution in [1.82, 2.24) is 15.1 Å². The molecule has 2 aromatic carbocycles. The Morgan fingerprint density at radius 1 is 1.15 bits per heavy atom. The number of anilines is 1. The quantitative estimate of drug-likeness (QED) is 0.582. The third kappa shape index (κ3) is 5.11. The van der Waals surface area contributed by atoms with Crippen molar-refractivity contribution >= 4 is 34.8 Å². The summed E-state index contributed by atoms with van der Waals surface area (Å²) < 4.78 is 5.17. The van der Waals surface area contributed by atoms with E-state index in [9.17, 15) is 9.59 Å². The first kappa shape index (κ1) is 23.0. The lowest BCUT2D eigenvalue weighted by atomic mass is 10.00. The summed E-state index contributed by atoms with van der Waals surface area (Å²) in [6.07, 6.45) is 1.81. The highest BCUT2D eigenvalue weighted by molar-refractivity contribution is 7.80. The number of hydrogen-bond acceptors (Lipinski definition) is 4. The highest BCUT2D eigenvalue weighted by Gasteiger charge is 2.46. The average molecular weight is 467 g/mol. The number of methoxy groups -OCH3 is 1. The Morgan fingerprint density at radius 3 is 2.42 bits per heavy atom. The molecule has 1 aliphatic heterocycles. The molecule has 174 valence electrons. The second kappa shape index (κ2) is 9.39. The van der Waals surface area contributed by atoms with Crippen LogP contribution in [0.4, 0.5) is 5.69 Å². The van der Waals surface area contributed by atoms with E-state index in [0.717, 1.165) is 18.4 Å². The second-order valence-corrected chi connectivity index (χ2v) is 9.42. The predicted octanol–water partition coefficient (Wildman–Crippen LogP) is 3.33. The highest BCUT2D eigenvalue weighted by Crippen LogP contribution is 2.34. The molecule has 2 aliphatic rings. The number of amides is 2. The Morgan fingerprint density at radius 2 is 1.82 bits per heavy atom. The molecule has 1 aliphatic carbocycles. The third-order valence-corrected chi connectivity index (χ3v) is 6.58. The van der Waals surface area contributed by atoms with Crippen LogP contribution in [0.2, 0.25) is 0 Å². The normalized spacial score (nSPS) is 18.0.